The number of aliphatic carboxylic acids is 1. The number of alkyl halides is 1. The smallest absolute Gasteiger partial charge is 0.309 e. The molecule has 4 aliphatic carbocycles. The van der Waals surface area contributed by atoms with Gasteiger partial charge in [-0.25, -0.2) is 0 Å². The van der Waals surface area contributed by atoms with Crippen LogP contribution < -0.4 is 0 Å². The van der Waals surface area contributed by atoms with E-state index >= 15 is 0 Å². The lowest BCUT2D eigenvalue weighted by molar-refractivity contribution is -0.203. The Morgan fingerprint density at radius 3 is 2.50 bits per heavy atom. The molecular formula is C13H17IO4. The Bertz CT molecular complexity index is 437. The topological polar surface area (TPSA) is 63.6 Å². The van der Waals surface area contributed by atoms with Crippen molar-refractivity contribution < 1.29 is 19.4 Å². The Hall–Kier alpha value is -0.330. The summed E-state index contributed by atoms with van der Waals surface area (Å²) in [5, 5.41) is 9.60. The van der Waals surface area contributed by atoms with Gasteiger partial charge in [0.25, 0.3) is 0 Å². The molecule has 4 unspecified atom stereocenters. The molecule has 0 aliphatic heterocycles. The zero-order valence-electron chi connectivity index (χ0n) is 10.4. The first-order valence-corrected chi connectivity index (χ1v) is 7.46. The molecule has 0 heterocycles. The third-order valence-electron chi connectivity index (χ3n) is 4.76. The predicted molar refractivity (Wildman–Crippen MR) is 72.5 cm³/mol. The van der Waals surface area contributed by atoms with Gasteiger partial charge in [-0.3, -0.25) is 9.59 Å². The molecule has 4 aliphatic rings. The lowest BCUT2D eigenvalue weighted by atomic mass is 9.48. The SMILES string of the molecule is CC(=O)OC12CC3CC(I)(C1)CC(C(=O)O)(C3)C2. The van der Waals surface area contributed by atoms with Crippen LogP contribution in [0.3, 0.4) is 0 Å². The second-order valence-corrected chi connectivity index (χ2v) is 8.81. The highest BCUT2D eigenvalue weighted by Gasteiger charge is 2.66. The summed E-state index contributed by atoms with van der Waals surface area (Å²) < 4.78 is 5.59. The van der Waals surface area contributed by atoms with Gasteiger partial charge >= 0.3 is 11.9 Å². The normalized spacial score (nSPS) is 49.1. The monoisotopic (exact) mass is 364 g/mol. The van der Waals surface area contributed by atoms with Crippen LogP contribution in [0.15, 0.2) is 0 Å². The van der Waals surface area contributed by atoms with Crippen molar-refractivity contribution in [2.75, 3.05) is 0 Å². The molecule has 4 nitrogen and oxygen atoms in total. The number of carbonyl (C=O) groups is 2. The summed E-state index contributed by atoms with van der Waals surface area (Å²) in [6, 6.07) is 0. The number of halogens is 1. The first kappa shape index (κ1) is 12.7. The number of rotatable bonds is 2. The van der Waals surface area contributed by atoms with E-state index in [2.05, 4.69) is 22.6 Å². The van der Waals surface area contributed by atoms with E-state index in [0.717, 1.165) is 32.1 Å². The highest BCUT2D eigenvalue weighted by atomic mass is 127. The second-order valence-electron chi connectivity index (χ2n) is 6.52. The predicted octanol–water partition coefficient (Wildman–Crippen LogP) is 2.53. The summed E-state index contributed by atoms with van der Waals surface area (Å²) >= 11 is 2.41. The van der Waals surface area contributed by atoms with Gasteiger partial charge in [0.1, 0.15) is 5.60 Å². The molecule has 0 saturated heterocycles. The van der Waals surface area contributed by atoms with Gasteiger partial charge in [0.05, 0.1) is 5.41 Å². The molecule has 4 fully saturated rings. The van der Waals surface area contributed by atoms with Crippen molar-refractivity contribution in [3.63, 3.8) is 0 Å². The number of hydrogen-bond acceptors (Lipinski definition) is 3. The van der Waals surface area contributed by atoms with Crippen molar-refractivity contribution in [1.29, 1.82) is 0 Å². The summed E-state index contributed by atoms with van der Waals surface area (Å²) in [5.41, 5.74) is -1.17. The Morgan fingerprint density at radius 2 is 1.94 bits per heavy atom. The van der Waals surface area contributed by atoms with E-state index in [1.165, 1.54) is 6.92 Å². The molecule has 4 saturated carbocycles. The molecular weight excluding hydrogens is 347 g/mol. The summed E-state index contributed by atoms with van der Waals surface area (Å²) in [7, 11) is 0. The van der Waals surface area contributed by atoms with E-state index in [9.17, 15) is 14.7 Å². The van der Waals surface area contributed by atoms with E-state index < -0.39 is 17.0 Å². The number of carboxylic acids is 1. The van der Waals surface area contributed by atoms with Gasteiger partial charge in [0.15, 0.2) is 0 Å². The summed E-state index contributed by atoms with van der Waals surface area (Å²) in [4.78, 5) is 23.0. The average molecular weight is 364 g/mol. The van der Waals surface area contributed by atoms with Crippen LogP contribution in [0.1, 0.15) is 45.4 Å². The molecule has 0 spiro atoms. The standard InChI is InChI=1S/C13H17IO4/c1-8(15)18-13-4-9-2-11(6-13,10(16)17)5-12(14,3-9)7-13/h9H,2-7H2,1H3,(H,16,17). The van der Waals surface area contributed by atoms with Gasteiger partial charge in [0, 0.05) is 23.2 Å². The van der Waals surface area contributed by atoms with Crippen molar-refractivity contribution in [3.05, 3.63) is 0 Å². The van der Waals surface area contributed by atoms with Gasteiger partial charge in [-0.05, 0) is 31.6 Å². The Labute approximate surface area is 120 Å². The molecule has 0 aromatic carbocycles. The van der Waals surface area contributed by atoms with Crippen LogP contribution >= 0.6 is 22.6 Å². The lowest BCUT2D eigenvalue weighted by Gasteiger charge is -2.62. The largest absolute Gasteiger partial charge is 0.481 e. The van der Waals surface area contributed by atoms with Crippen LogP contribution in [0.2, 0.25) is 0 Å². The maximum atomic E-state index is 11.7. The average Bonchev–Trinajstić information content (AvgIpc) is 2.09. The molecule has 1 N–H and O–H groups in total. The Balaban J connectivity index is 2.00. The number of esters is 1. The molecule has 0 aromatic rings. The zero-order valence-corrected chi connectivity index (χ0v) is 12.5. The van der Waals surface area contributed by atoms with Crippen LogP contribution in [0.4, 0.5) is 0 Å². The van der Waals surface area contributed by atoms with Crippen molar-refractivity contribution in [2.24, 2.45) is 11.3 Å². The van der Waals surface area contributed by atoms with Crippen molar-refractivity contribution >= 4 is 34.5 Å². The van der Waals surface area contributed by atoms with Gasteiger partial charge in [-0.15, -0.1) is 0 Å². The number of ether oxygens (including phenoxy) is 1. The number of hydrogen-bond donors (Lipinski definition) is 1. The Kier molecular flexibility index (Phi) is 2.55. The maximum absolute atomic E-state index is 11.7. The summed E-state index contributed by atoms with van der Waals surface area (Å²) in [6.45, 7) is 1.42. The van der Waals surface area contributed by atoms with Gasteiger partial charge in [0.2, 0.25) is 0 Å². The molecule has 4 rings (SSSR count). The fourth-order valence-corrected chi connectivity index (χ4v) is 6.94. The summed E-state index contributed by atoms with van der Waals surface area (Å²) in [6.07, 6.45) is 4.76. The second kappa shape index (κ2) is 3.61. The minimum atomic E-state index is -0.704. The van der Waals surface area contributed by atoms with Crippen molar-refractivity contribution in [3.8, 4) is 0 Å². The molecule has 18 heavy (non-hydrogen) atoms. The van der Waals surface area contributed by atoms with E-state index in [-0.39, 0.29) is 9.39 Å². The van der Waals surface area contributed by atoms with Crippen molar-refractivity contribution in [2.45, 2.75) is 54.5 Å². The Morgan fingerprint density at radius 1 is 1.22 bits per heavy atom. The van der Waals surface area contributed by atoms with E-state index in [0.29, 0.717) is 12.3 Å². The maximum Gasteiger partial charge on any atom is 0.309 e. The lowest BCUT2D eigenvalue weighted by Crippen LogP contribution is -2.64. The van der Waals surface area contributed by atoms with Crippen LogP contribution in [0.25, 0.3) is 0 Å². The third-order valence-corrected chi connectivity index (χ3v) is 5.97. The zero-order chi connectivity index (χ0) is 13.2. The molecule has 4 atom stereocenters. The number of carboxylic acid groups (broad SMARTS) is 1. The van der Waals surface area contributed by atoms with Crippen LogP contribution in [0, 0.1) is 11.3 Å². The molecule has 0 aromatic heterocycles. The van der Waals surface area contributed by atoms with Gasteiger partial charge in [-0.2, -0.15) is 0 Å². The van der Waals surface area contributed by atoms with E-state index in [4.69, 9.17) is 4.74 Å². The van der Waals surface area contributed by atoms with Crippen LogP contribution in [-0.2, 0) is 14.3 Å². The number of carbonyl (C=O) groups excluding carboxylic acids is 1. The first-order chi connectivity index (χ1) is 8.27. The van der Waals surface area contributed by atoms with Crippen molar-refractivity contribution in [1.82, 2.24) is 0 Å². The van der Waals surface area contributed by atoms with Crippen LogP contribution in [0.5, 0.6) is 0 Å². The van der Waals surface area contributed by atoms with Gasteiger partial charge < -0.3 is 9.84 Å². The first-order valence-electron chi connectivity index (χ1n) is 6.39. The summed E-state index contributed by atoms with van der Waals surface area (Å²) in [5.74, 6) is -0.588. The van der Waals surface area contributed by atoms with Crippen LogP contribution in [-0.4, -0.2) is 26.1 Å². The molecule has 100 valence electrons. The minimum absolute atomic E-state index is 0.00498. The quantitative estimate of drug-likeness (QED) is 0.465. The van der Waals surface area contributed by atoms with E-state index in [1.807, 2.05) is 0 Å². The van der Waals surface area contributed by atoms with Gasteiger partial charge in [-0.1, -0.05) is 22.6 Å². The minimum Gasteiger partial charge on any atom is -0.481 e. The molecule has 0 radical (unpaired) electrons. The van der Waals surface area contributed by atoms with E-state index in [1.54, 1.807) is 0 Å². The highest BCUT2D eigenvalue weighted by molar-refractivity contribution is 14.1. The molecule has 0 amide bonds. The fraction of sp³-hybridized carbons (Fsp3) is 0.846. The fourth-order valence-electron chi connectivity index (χ4n) is 4.89. The molecule has 4 bridgehead atoms. The highest BCUT2D eigenvalue weighted by Crippen LogP contribution is 2.67. The third kappa shape index (κ3) is 1.77. The molecule has 5 heteroatoms.